The van der Waals surface area contributed by atoms with Gasteiger partial charge in [-0.15, -0.1) is 0 Å². The number of aliphatic hydroxyl groups is 1. The molecule has 3 aliphatic rings. The number of likely N-dealkylation sites (N-methyl/N-ethyl adjacent to an activating group) is 1. The number of aromatic hydroxyl groups is 1. The van der Waals surface area contributed by atoms with Crippen LogP contribution in [-0.2, 0) is 32.1 Å². The molecular formula is C27H35FN4O7. The Bertz CT molecular complexity index is 1300. The molecule has 4 rings (SSSR count). The van der Waals surface area contributed by atoms with Crippen molar-refractivity contribution in [3.63, 3.8) is 0 Å². The number of hydrogen-bond acceptors (Lipinski definition) is 10. The second kappa shape index (κ2) is 9.76. The molecule has 2 saturated carbocycles. The van der Waals surface area contributed by atoms with Gasteiger partial charge in [0.25, 0.3) is 0 Å². The van der Waals surface area contributed by atoms with E-state index in [9.17, 15) is 34.2 Å². The Kier molecular flexibility index (Phi) is 7.20. The summed E-state index contributed by atoms with van der Waals surface area (Å²) in [7, 11) is 4.76. The van der Waals surface area contributed by atoms with Crippen LogP contribution in [0.2, 0.25) is 0 Å². The van der Waals surface area contributed by atoms with Gasteiger partial charge < -0.3 is 26.6 Å². The van der Waals surface area contributed by atoms with Crippen molar-refractivity contribution in [2.45, 2.75) is 44.9 Å². The third-order valence-electron chi connectivity index (χ3n) is 8.41. The third kappa shape index (κ3) is 4.16. The van der Waals surface area contributed by atoms with Crippen LogP contribution in [0, 0.1) is 35.4 Å². The smallest absolute Gasteiger partial charge is 0.235 e. The number of nitrogens with zero attached hydrogens (tertiary/aromatic N) is 2. The van der Waals surface area contributed by atoms with E-state index in [0.717, 1.165) is 0 Å². The van der Waals surface area contributed by atoms with Gasteiger partial charge >= 0.3 is 0 Å². The Morgan fingerprint density at radius 1 is 1.15 bits per heavy atom. The van der Waals surface area contributed by atoms with Crippen molar-refractivity contribution in [1.82, 2.24) is 9.80 Å². The fourth-order valence-corrected chi connectivity index (χ4v) is 6.88. The molecule has 12 heteroatoms. The number of nitrogens with two attached hydrogens (primary N) is 2. The zero-order valence-electron chi connectivity index (χ0n) is 22.7. The largest absolute Gasteiger partial charge is 0.505 e. The fourth-order valence-electron chi connectivity index (χ4n) is 6.88. The minimum Gasteiger partial charge on any atom is -0.505 e. The summed E-state index contributed by atoms with van der Waals surface area (Å²) in [5.41, 5.74) is 7.70. The molecule has 0 aromatic heterocycles. The lowest BCUT2D eigenvalue weighted by Gasteiger charge is -2.52. The van der Waals surface area contributed by atoms with Crippen molar-refractivity contribution in [3.05, 3.63) is 22.5 Å². The summed E-state index contributed by atoms with van der Waals surface area (Å²) in [5.74, 6) is -12.6. The average molecular weight is 547 g/mol. The van der Waals surface area contributed by atoms with E-state index in [4.69, 9.17) is 11.5 Å². The molecule has 6 atom stereocenters. The van der Waals surface area contributed by atoms with Crippen LogP contribution in [0.4, 0.5) is 10.1 Å². The van der Waals surface area contributed by atoms with Crippen LogP contribution in [-0.4, -0.2) is 88.4 Å². The minimum absolute atomic E-state index is 0.0257. The van der Waals surface area contributed by atoms with Crippen LogP contribution < -0.4 is 11.5 Å². The Hall–Kier alpha value is -3.22. The average Bonchev–Trinajstić information content (AvgIpc) is 2.81. The predicted octanol–water partition coefficient (Wildman–Crippen LogP) is -0.324. The number of hydrogen-bond donors (Lipinski definition) is 4. The zero-order chi connectivity index (χ0) is 29.3. The molecule has 6 N–H and O–H groups in total. The molecule has 2 unspecified atom stereocenters. The van der Waals surface area contributed by atoms with Crippen LogP contribution in [0.15, 0.2) is 0 Å². The molecule has 0 saturated heterocycles. The number of benzene rings is 1. The first kappa shape index (κ1) is 28.8. The molecular weight excluding hydrogens is 511 g/mol. The van der Waals surface area contributed by atoms with Crippen molar-refractivity contribution < 1.29 is 38.6 Å². The molecule has 0 spiro atoms. The summed E-state index contributed by atoms with van der Waals surface area (Å²) >= 11 is 0. The molecule has 0 heterocycles. The molecule has 212 valence electrons. The summed E-state index contributed by atoms with van der Waals surface area (Å²) in [4.78, 5) is 69.2. The molecule has 11 nitrogen and oxygen atoms in total. The highest BCUT2D eigenvalue weighted by Gasteiger charge is 2.69. The van der Waals surface area contributed by atoms with Gasteiger partial charge in [0.05, 0.1) is 23.2 Å². The molecule has 0 radical (unpaired) electrons. The number of phenolic OH excluding ortho intramolecular Hbond substituents is 1. The lowest BCUT2D eigenvalue weighted by molar-refractivity contribution is -0.181. The number of amides is 1. The standard InChI is InChI=1S/C27H35FN4O7/c1-10(2)8-32(5)9-13-18(28)12-6-11-7-14-20(31(3)4)23(35)17(26(30)38)25(37)27(14,39)24(36)15(11)21(33)16(12)22(34)19(13)29/h10-11,14-15,17,20,34,39H,6-9,29H2,1-5H3,(H2,30,38)/t11-,14-,15?,17?,20-,27-/m0/s1. The molecule has 1 amide bonds. The third-order valence-corrected chi connectivity index (χ3v) is 8.41. The minimum atomic E-state index is -2.84. The quantitative estimate of drug-likeness (QED) is 0.209. The van der Waals surface area contributed by atoms with E-state index in [1.165, 1.54) is 19.0 Å². The maximum Gasteiger partial charge on any atom is 0.235 e. The normalized spacial score (nSPS) is 30.6. The van der Waals surface area contributed by atoms with Gasteiger partial charge in [0.15, 0.2) is 34.7 Å². The van der Waals surface area contributed by atoms with Crippen molar-refractivity contribution in [3.8, 4) is 5.75 Å². The van der Waals surface area contributed by atoms with Crippen LogP contribution >= 0.6 is 0 Å². The summed E-state index contributed by atoms with van der Waals surface area (Å²) < 4.78 is 15.9. The number of phenols is 1. The number of nitrogen functional groups attached to an aromatic ring is 1. The summed E-state index contributed by atoms with van der Waals surface area (Å²) in [6, 6.07) is -1.23. The van der Waals surface area contributed by atoms with Crippen LogP contribution in [0.3, 0.4) is 0 Å². The van der Waals surface area contributed by atoms with Gasteiger partial charge in [-0.1, -0.05) is 13.8 Å². The number of carbonyl (C=O) groups excluding carboxylic acids is 5. The van der Waals surface area contributed by atoms with E-state index in [2.05, 4.69) is 0 Å². The highest BCUT2D eigenvalue weighted by molar-refractivity contribution is 6.32. The molecule has 0 bridgehead atoms. The van der Waals surface area contributed by atoms with Gasteiger partial charge in [-0.3, -0.25) is 28.9 Å². The highest BCUT2D eigenvalue weighted by Crippen LogP contribution is 2.52. The van der Waals surface area contributed by atoms with E-state index in [1.807, 2.05) is 18.7 Å². The van der Waals surface area contributed by atoms with E-state index < -0.39 is 81.5 Å². The van der Waals surface area contributed by atoms with Crippen LogP contribution in [0.1, 0.15) is 41.8 Å². The van der Waals surface area contributed by atoms with E-state index in [0.29, 0.717) is 6.54 Å². The lowest BCUT2D eigenvalue weighted by Crippen LogP contribution is -2.74. The molecule has 1 aromatic carbocycles. The van der Waals surface area contributed by atoms with Crippen molar-refractivity contribution in [2.24, 2.45) is 35.3 Å². The second-order valence-electron chi connectivity index (χ2n) is 11.8. The van der Waals surface area contributed by atoms with E-state index >= 15 is 4.39 Å². The number of primary amides is 1. The topological polar surface area (TPSA) is 184 Å². The second-order valence-corrected chi connectivity index (χ2v) is 11.8. The van der Waals surface area contributed by atoms with Gasteiger partial charge in [0.1, 0.15) is 11.6 Å². The Balaban J connectivity index is 1.83. The van der Waals surface area contributed by atoms with E-state index in [1.54, 1.807) is 7.05 Å². The van der Waals surface area contributed by atoms with Gasteiger partial charge in [0, 0.05) is 30.1 Å². The number of fused-ring (bicyclic) bond motifs is 3. The monoisotopic (exact) mass is 546 g/mol. The number of carbonyl (C=O) groups is 5. The van der Waals surface area contributed by atoms with Crippen LogP contribution in [0.5, 0.6) is 5.75 Å². The number of rotatable bonds is 6. The summed E-state index contributed by atoms with van der Waals surface area (Å²) in [5, 5.41) is 22.5. The first-order chi connectivity index (χ1) is 18.0. The zero-order valence-corrected chi connectivity index (χ0v) is 22.7. The maximum atomic E-state index is 15.9. The fraction of sp³-hybridized carbons (Fsp3) is 0.593. The SMILES string of the molecule is CC(C)CN(C)Cc1c(N)c(O)c2c(c1F)C[C@H]1C[C@H]3[C@H](N(C)C)C(=O)C(C(N)=O)C(=O)[C@@]3(O)C(=O)C1C2=O. The summed E-state index contributed by atoms with van der Waals surface area (Å²) in [6.07, 6.45) is -0.316. The highest BCUT2D eigenvalue weighted by atomic mass is 19.1. The van der Waals surface area contributed by atoms with E-state index in [-0.39, 0.29) is 42.1 Å². The summed E-state index contributed by atoms with van der Waals surface area (Å²) in [6.45, 7) is 4.68. The van der Waals surface area contributed by atoms with Crippen LogP contribution in [0.25, 0.3) is 0 Å². The van der Waals surface area contributed by atoms with Gasteiger partial charge in [-0.05, 0) is 45.8 Å². The van der Waals surface area contributed by atoms with Gasteiger partial charge in [0.2, 0.25) is 5.91 Å². The number of halogens is 1. The molecule has 39 heavy (non-hydrogen) atoms. The molecule has 0 aliphatic heterocycles. The predicted molar refractivity (Wildman–Crippen MR) is 137 cm³/mol. The molecule has 3 aliphatic carbocycles. The van der Waals surface area contributed by atoms with Crippen molar-refractivity contribution in [1.29, 1.82) is 0 Å². The molecule has 1 aromatic rings. The first-order valence-electron chi connectivity index (χ1n) is 12.9. The Labute approximate surface area is 225 Å². The Morgan fingerprint density at radius 2 is 1.77 bits per heavy atom. The van der Waals surface area contributed by atoms with Crippen molar-refractivity contribution >= 4 is 34.7 Å². The Morgan fingerprint density at radius 3 is 2.31 bits per heavy atom. The van der Waals surface area contributed by atoms with Gasteiger partial charge in [-0.2, -0.15) is 0 Å². The maximum absolute atomic E-state index is 15.9. The molecule has 2 fully saturated rings. The van der Waals surface area contributed by atoms with Crippen molar-refractivity contribution in [2.75, 3.05) is 33.4 Å². The van der Waals surface area contributed by atoms with Gasteiger partial charge in [-0.25, -0.2) is 4.39 Å². The lowest BCUT2D eigenvalue weighted by atomic mass is 9.52. The number of Topliss-reactive ketones (excluding diaryl/α,β-unsaturated/α-hetero) is 4. The number of anilines is 1. The first-order valence-corrected chi connectivity index (χ1v) is 12.9. The number of ketones is 4.